The third-order valence-electron chi connectivity index (χ3n) is 6.46. The van der Waals surface area contributed by atoms with Crippen molar-refractivity contribution in [3.8, 4) is 11.4 Å². The van der Waals surface area contributed by atoms with E-state index in [-0.39, 0.29) is 19.5 Å². The maximum atomic E-state index is 4.92. The van der Waals surface area contributed by atoms with Crippen molar-refractivity contribution in [3.63, 3.8) is 0 Å². The number of aromatic nitrogens is 4. The molecule has 4 nitrogen and oxygen atoms in total. The van der Waals surface area contributed by atoms with Crippen LogP contribution in [0.2, 0.25) is 0 Å². The van der Waals surface area contributed by atoms with Gasteiger partial charge in [-0.3, -0.25) is 0 Å². The van der Waals surface area contributed by atoms with Gasteiger partial charge < -0.3 is 9.13 Å². The van der Waals surface area contributed by atoms with Crippen molar-refractivity contribution in [3.05, 3.63) is 132 Å². The summed E-state index contributed by atoms with van der Waals surface area (Å²) in [6.07, 6.45) is 8.29. The quantitative estimate of drug-likeness (QED) is 0.217. The Morgan fingerprint density at radius 1 is 0.378 bits per heavy atom. The molecular weight excluding hydrogens is 506 g/mol. The molecule has 0 atom stereocenters. The molecule has 0 aliphatic carbocycles. The summed E-state index contributed by atoms with van der Waals surface area (Å²) in [5.74, 6) is 0. The first-order valence-corrected chi connectivity index (χ1v) is 12.0. The van der Waals surface area contributed by atoms with E-state index < -0.39 is 0 Å². The van der Waals surface area contributed by atoms with Gasteiger partial charge in [0.2, 0.25) is 0 Å². The predicted molar refractivity (Wildman–Crippen MR) is 149 cm³/mol. The van der Waals surface area contributed by atoms with E-state index in [0.29, 0.717) is 0 Å². The van der Waals surface area contributed by atoms with E-state index >= 15 is 0 Å². The summed E-state index contributed by atoms with van der Waals surface area (Å²) >= 11 is 0. The zero-order valence-electron chi connectivity index (χ0n) is 20.2. The third-order valence-corrected chi connectivity index (χ3v) is 6.46. The molecule has 7 rings (SSSR count). The summed E-state index contributed by atoms with van der Waals surface area (Å²) in [7, 11) is 0. The predicted octanol–water partition coefficient (Wildman–Crippen LogP) is 7.58. The number of nitrogens with zero attached hydrogens (tertiary/aromatic N) is 4. The van der Waals surface area contributed by atoms with Crippen molar-refractivity contribution in [1.29, 1.82) is 0 Å². The van der Waals surface area contributed by atoms with Crippen molar-refractivity contribution in [2.24, 2.45) is 0 Å². The van der Waals surface area contributed by atoms with E-state index in [0.717, 1.165) is 56.2 Å². The van der Waals surface area contributed by atoms with Gasteiger partial charge in [-0.05, 0) is 97.1 Å². The first-order valence-electron chi connectivity index (χ1n) is 12.0. The summed E-state index contributed by atoms with van der Waals surface area (Å²) in [6.45, 7) is 0. The molecular formula is C32H22N4Zn. The normalized spacial score (nSPS) is 11.9. The second kappa shape index (κ2) is 9.61. The number of fused-ring (bicyclic) bond motifs is 8. The van der Waals surface area contributed by atoms with Gasteiger partial charge in [-0.25, -0.2) is 9.97 Å². The van der Waals surface area contributed by atoms with Gasteiger partial charge in [-0.2, -0.15) is 0 Å². The monoisotopic (exact) mass is 526 g/mol. The van der Waals surface area contributed by atoms with Gasteiger partial charge in [-0.15, -0.1) is 0 Å². The van der Waals surface area contributed by atoms with Crippen LogP contribution < -0.4 is 0 Å². The van der Waals surface area contributed by atoms with E-state index in [1.807, 2.05) is 12.1 Å². The van der Waals surface area contributed by atoms with Crippen LogP contribution in [-0.2, 0) is 19.5 Å². The number of para-hydroxylation sites is 2. The summed E-state index contributed by atoms with van der Waals surface area (Å²) in [5, 5.41) is 0. The van der Waals surface area contributed by atoms with Gasteiger partial charge in [0.15, 0.2) is 0 Å². The molecule has 2 aliphatic heterocycles. The van der Waals surface area contributed by atoms with Crippen LogP contribution in [0.25, 0.3) is 57.7 Å². The fourth-order valence-electron chi connectivity index (χ4n) is 4.86. The molecule has 37 heavy (non-hydrogen) atoms. The second-order valence-electron chi connectivity index (χ2n) is 8.88. The van der Waals surface area contributed by atoms with Crippen LogP contribution in [0, 0.1) is 0 Å². The Bertz CT molecular complexity index is 1600. The maximum Gasteiger partial charge on any atom is 0.0658 e. The molecule has 5 heterocycles. The van der Waals surface area contributed by atoms with Crippen molar-refractivity contribution >= 4 is 46.4 Å². The minimum absolute atomic E-state index is 0. The number of rotatable bonds is 2. The zero-order chi connectivity index (χ0) is 23.9. The number of benzene rings is 2. The molecule has 172 valence electrons. The molecule has 5 heteroatoms. The van der Waals surface area contributed by atoms with E-state index in [9.17, 15) is 0 Å². The zero-order valence-corrected chi connectivity index (χ0v) is 23.2. The summed E-state index contributed by atoms with van der Waals surface area (Å²) in [5.41, 5.74) is 10.2. The van der Waals surface area contributed by atoms with E-state index in [1.54, 1.807) is 0 Å². The van der Waals surface area contributed by atoms with Crippen LogP contribution in [0.5, 0.6) is 0 Å². The molecule has 2 aliphatic rings. The molecule has 0 spiro atoms. The first kappa shape index (κ1) is 23.1. The van der Waals surface area contributed by atoms with Crippen LogP contribution in [0.4, 0.5) is 0 Å². The Labute approximate surface area is 227 Å². The summed E-state index contributed by atoms with van der Waals surface area (Å²) in [6, 6.07) is 37.9. The molecule has 5 aromatic rings. The third kappa shape index (κ3) is 4.39. The van der Waals surface area contributed by atoms with Crippen molar-refractivity contribution < 1.29 is 19.5 Å². The fourth-order valence-corrected chi connectivity index (χ4v) is 4.86. The Kier molecular flexibility index (Phi) is 6.00. The van der Waals surface area contributed by atoms with Gasteiger partial charge in [-0.1, -0.05) is 36.4 Å². The Morgan fingerprint density at radius 3 is 0.973 bits per heavy atom. The topological polar surface area (TPSA) is 35.6 Å². The van der Waals surface area contributed by atoms with Gasteiger partial charge in [0.05, 0.1) is 22.8 Å². The molecule has 0 fully saturated rings. The Hall–Kier alpha value is -4.34. The van der Waals surface area contributed by atoms with Gasteiger partial charge >= 0.3 is 0 Å². The van der Waals surface area contributed by atoms with Crippen molar-refractivity contribution in [1.82, 2.24) is 19.1 Å². The van der Waals surface area contributed by atoms with Gasteiger partial charge in [0.1, 0.15) is 0 Å². The summed E-state index contributed by atoms with van der Waals surface area (Å²) in [4.78, 5) is 9.83. The molecule has 0 saturated carbocycles. The molecule has 0 amide bonds. The van der Waals surface area contributed by atoms with E-state index in [1.165, 1.54) is 0 Å². The number of hydrogen-bond donors (Lipinski definition) is 0. The van der Waals surface area contributed by atoms with E-state index in [2.05, 4.69) is 131 Å². The molecule has 0 N–H and O–H groups in total. The maximum absolute atomic E-state index is 4.92. The average Bonchev–Trinajstić information content (AvgIpc) is 3.70. The minimum Gasteiger partial charge on any atom is -0.310 e. The minimum atomic E-state index is 0. The second-order valence-corrected chi connectivity index (χ2v) is 8.88. The van der Waals surface area contributed by atoms with Gasteiger partial charge in [0.25, 0.3) is 0 Å². The molecule has 8 bridgehead atoms. The van der Waals surface area contributed by atoms with Crippen LogP contribution in [-0.4, -0.2) is 19.1 Å². The number of hydrogen-bond acceptors (Lipinski definition) is 2. The van der Waals surface area contributed by atoms with Crippen LogP contribution in [0.3, 0.4) is 0 Å². The van der Waals surface area contributed by atoms with E-state index in [4.69, 9.17) is 9.97 Å². The molecule has 2 aromatic carbocycles. The fraction of sp³-hybridized carbons (Fsp3) is 0. The molecule has 0 radical (unpaired) electrons. The van der Waals surface area contributed by atoms with Crippen LogP contribution in [0.15, 0.2) is 109 Å². The van der Waals surface area contributed by atoms with Crippen molar-refractivity contribution in [2.45, 2.75) is 0 Å². The average molecular weight is 528 g/mol. The standard InChI is InChI=1S/C32H22N4.Zn/c1-3-7-27(8-4-1)35-29-15-16-30(35)20-24-12-14-26(34-24)22-32-18-17-31(21-25-13-11-23(19-29)33-25)36(32)28-9-5-2-6-10-28;/h1-22H;. The molecule has 3 aromatic heterocycles. The first-order chi connectivity index (χ1) is 17.8. The Balaban J connectivity index is 0.00000252. The van der Waals surface area contributed by atoms with Crippen molar-refractivity contribution in [2.75, 3.05) is 0 Å². The smallest absolute Gasteiger partial charge is 0.0658 e. The van der Waals surface area contributed by atoms with Crippen LogP contribution in [0.1, 0.15) is 22.8 Å². The van der Waals surface area contributed by atoms with Gasteiger partial charge in [0, 0.05) is 52.9 Å². The summed E-state index contributed by atoms with van der Waals surface area (Å²) < 4.78 is 4.49. The Morgan fingerprint density at radius 2 is 0.676 bits per heavy atom. The largest absolute Gasteiger partial charge is 0.310 e. The molecule has 0 saturated heterocycles. The SMILES string of the molecule is C1=Cc2cc3ccc(cc4nc(cc5ccc(cc1n2)n5-c1ccccc1)C=C4)n3-c1ccccc1.[Zn]. The molecule has 0 unspecified atom stereocenters. The van der Waals surface area contributed by atoms with Crippen LogP contribution >= 0.6 is 0 Å².